The van der Waals surface area contributed by atoms with E-state index in [4.69, 9.17) is 10.4 Å². The van der Waals surface area contributed by atoms with Crippen molar-refractivity contribution < 1.29 is 39.9 Å². The summed E-state index contributed by atoms with van der Waals surface area (Å²) >= 11 is 0. The largest absolute Gasteiger partial charge is 0.507 e. The molecule has 0 radical (unpaired) electrons. The Labute approximate surface area is 247 Å². The highest BCUT2D eigenvalue weighted by Crippen LogP contribution is 2.38. The van der Waals surface area contributed by atoms with Gasteiger partial charge < -0.3 is 25.5 Å². The number of rotatable bonds is 7. The van der Waals surface area contributed by atoms with Gasteiger partial charge in [-0.1, -0.05) is 55.1 Å². The van der Waals surface area contributed by atoms with Crippen molar-refractivity contribution >= 4 is 39.5 Å². The van der Waals surface area contributed by atoms with Crippen LogP contribution in [-0.4, -0.2) is 68.0 Å². The second-order valence-electron chi connectivity index (χ2n) is 10.3. The van der Waals surface area contributed by atoms with Crippen molar-refractivity contribution in [3.05, 3.63) is 95.1 Å². The molecule has 0 saturated carbocycles. The Morgan fingerprint density at radius 1 is 0.814 bits per heavy atom. The van der Waals surface area contributed by atoms with Gasteiger partial charge in [0.2, 0.25) is 0 Å². The molecule has 1 saturated heterocycles. The van der Waals surface area contributed by atoms with Gasteiger partial charge in [0.1, 0.15) is 22.6 Å². The first-order chi connectivity index (χ1) is 20.5. The number of phenols is 2. The number of likely N-dealkylation sites (tertiary alicyclic amines) is 1. The van der Waals surface area contributed by atoms with Crippen LogP contribution in [0, 0.1) is 17.2 Å². The van der Waals surface area contributed by atoms with Gasteiger partial charge in [-0.3, -0.25) is 9.69 Å². The number of hydrogen-bond acceptors (Lipinski definition) is 7. The lowest BCUT2D eigenvalue weighted by Gasteiger charge is -2.29. The molecule has 10 heteroatoms. The minimum Gasteiger partial charge on any atom is -0.507 e. The van der Waals surface area contributed by atoms with Gasteiger partial charge in [-0.05, 0) is 59.6 Å². The summed E-state index contributed by atoms with van der Waals surface area (Å²) in [7, 11) is 0. The number of nitrogens with zero attached hydrogens (tertiary/aromatic N) is 2. The number of hydrogen-bond donors (Lipinski definition) is 5. The Morgan fingerprint density at radius 2 is 1.26 bits per heavy atom. The van der Waals surface area contributed by atoms with E-state index < -0.39 is 29.4 Å². The maximum atomic E-state index is 11.6. The molecule has 10 nitrogen and oxygen atoms in total. The van der Waals surface area contributed by atoms with Crippen molar-refractivity contribution in [1.29, 1.82) is 5.26 Å². The molecular weight excluding hydrogens is 552 g/mol. The lowest BCUT2D eigenvalue weighted by atomic mass is 9.90. The minimum atomic E-state index is -1.28. The van der Waals surface area contributed by atoms with Crippen molar-refractivity contribution in [2.75, 3.05) is 19.6 Å². The van der Waals surface area contributed by atoms with Crippen molar-refractivity contribution in [2.45, 2.75) is 19.3 Å². The van der Waals surface area contributed by atoms with Crippen molar-refractivity contribution in [3.8, 4) is 17.6 Å². The van der Waals surface area contributed by atoms with Crippen LogP contribution in [0.1, 0.15) is 44.7 Å². The molecule has 1 heterocycles. The Bertz CT molecular complexity index is 1680. The fraction of sp³-hybridized carbons (Fsp3) is 0.212. The molecule has 0 unspecified atom stereocenters. The van der Waals surface area contributed by atoms with Crippen molar-refractivity contribution in [2.24, 2.45) is 5.92 Å². The Balaban J connectivity index is 0.000000255. The van der Waals surface area contributed by atoms with E-state index in [1.54, 1.807) is 48.5 Å². The standard InChI is InChI=1S/C23H16O6.C10H14N2O2/c24-20-16(14-7-3-1-5-12(14)9-18(20)22(26)27)11-17-15-8-4-2-6-13(15)10-19(21(17)25)23(28)29;1-8(6-11)7-12-4-2-9(3-5-12)10(13)14/h1-10,24-25H,11H2,(H,26,27)(H,28,29);9H,1-5,7H2,(H,13,14). The van der Waals surface area contributed by atoms with Crippen LogP contribution in [0.2, 0.25) is 0 Å². The molecule has 0 amide bonds. The zero-order valence-corrected chi connectivity index (χ0v) is 23.2. The summed E-state index contributed by atoms with van der Waals surface area (Å²) in [5.74, 6) is -4.27. The zero-order valence-electron chi connectivity index (χ0n) is 23.2. The van der Waals surface area contributed by atoms with Gasteiger partial charge in [0.15, 0.2) is 0 Å². The van der Waals surface area contributed by atoms with E-state index in [2.05, 4.69) is 11.5 Å². The third-order valence-electron chi connectivity index (χ3n) is 7.58. The van der Waals surface area contributed by atoms with E-state index in [-0.39, 0.29) is 23.5 Å². The summed E-state index contributed by atoms with van der Waals surface area (Å²) in [6.45, 7) is 5.67. The normalized spacial score (nSPS) is 13.6. The molecule has 0 atom stereocenters. The number of aromatic carboxylic acids is 2. The average molecular weight is 583 g/mol. The summed E-state index contributed by atoms with van der Waals surface area (Å²) in [6, 6.07) is 18.8. The maximum Gasteiger partial charge on any atom is 0.339 e. The molecule has 4 aromatic carbocycles. The number of fused-ring (bicyclic) bond motifs is 2. The zero-order chi connectivity index (χ0) is 31.3. The number of piperidine rings is 1. The van der Waals surface area contributed by atoms with Crippen LogP contribution in [0.15, 0.2) is 72.8 Å². The summed E-state index contributed by atoms with van der Waals surface area (Å²) in [5, 5.41) is 60.1. The molecule has 0 bridgehead atoms. The predicted molar refractivity (Wildman–Crippen MR) is 160 cm³/mol. The van der Waals surface area contributed by atoms with Gasteiger partial charge in [-0.2, -0.15) is 5.26 Å². The van der Waals surface area contributed by atoms with Crippen LogP contribution in [0.4, 0.5) is 0 Å². The van der Waals surface area contributed by atoms with Gasteiger partial charge >= 0.3 is 17.9 Å². The van der Waals surface area contributed by atoms with E-state index in [9.17, 15) is 34.8 Å². The highest BCUT2D eigenvalue weighted by Gasteiger charge is 2.25. The summed E-state index contributed by atoms with van der Waals surface area (Å²) in [6.07, 6.45) is 1.31. The van der Waals surface area contributed by atoms with E-state index in [0.717, 1.165) is 13.1 Å². The molecule has 5 rings (SSSR count). The molecule has 1 aliphatic heterocycles. The molecule has 43 heavy (non-hydrogen) atoms. The van der Waals surface area contributed by atoms with E-state index in [0.29, 0.717) is 57.6 Å². The first kappa shape index (κ1) is 30.6. The number of nitriles is 1. The minimum absolute atomic E-state index is 0.0407. The molecule has 0 aliphatic carbocycles. The number of carbonyl (C=O) groups is 3. The number of carboxylic acid groups (broad SMARTS) is 3. The van der Waals surface area contributed by atoms with E-state index in [1.165, 1.54) is 12.1 Å². The lowest BCUT2D eigenvalue weighted by Crippen LogP contribution is -2.37. The van der Waals surface area contributed by atoms with Crippen LogP contribution in [0.5, 0.6) is 11.5 Å². The number of carboxylic acids is 3. The van der Waals surface area contributed by atoms with Gasteiger partial charge in [0.25, 0.3) is 0 Å². The topological polar surface area (TPSA) is 179 Å². The number of benzene rings is 4. The third-order valence-corrected chi connectivity index (χ3v) is 7.58. The van der Waals surface area contributed by atoms with Crippen molar-refractivity contribution in [1.82, 2.24) is 4.90 Å². The monoisotopic (exact) mass is 582 g/mol. The number of aliphatic carboxylic acids is 1. The Morgan fingerprint density at radius 3 is 1.65 bits per heavy atom. The fourth-order valence-electron chi connectivity index (χ4n) is 5.33. The SMILES string of the molecule is C=C(C#N)CN1CCC(C(=O)O)CC1.O=C(O)c1cc2ccccc2c(Cc2c(O)c(C(=O)O)cc3ccccc23)c1O. The van der Waals surface area contributed by atoms with Crippen LogP contribution in [0.3, 0.4) is 0 Å². The quantitative estimate of drug-likeness (QED) is 0.181. The summed E-state index contributed by atoms with van der Waals surface area (Å²) in [5.41, 5.74) is 0.652. The second-order valence-corrected chi connectivity index (χ2v) is 10.3. The predicted octanol–water partition coefficient (Wildman–Crippen LogP) is 5.25. The molecule has 0 aromatic heterocycles. The summed E-state index contributed by atoms with van der Waals surface area (Å²) < 4.78 is 0. The Kier molecular flexibility index (Phi) is 9.28. The molecule has 5 N–H and O–H groups in total. The first-order valence-electron chi connectivity index (χ1n) is 13.5. The molecular formula is C33H30N2O8. The maximum absolute atomic E-state index is 11.6. The van der Waals surface area contributed by atoms with Gasteiger partial charge in [0.05, 0.1) is 12.0 Å². The second kappa shape index (κ2) is 13.1. The van der Waals surface area contributed by atoms with Gasteiger partial charge in [-0.15, -0.1) is 0 Å². The molecule has 1 aliphatic rings. The van der Waals surface area contributed by atoms with Crippen LogP contribution < -0.4 is 0 Å². The van der Waals surface area contributed by atoms with Gasteiger partial charge in [0, 0.05) is 29.7 Å². The van der Waals surface area contributed by atoms with Crippen LogP contribution in [-0.2, 0) is 11.2 Å². The van der Waals surface area contributed by atoms with Crippen LogP contribution in [0.25, 0.3) is 21.5 Å². The highest BCUT2D eigenvalue weighted by molar-refractivity contribution is 6.02. The summed E-state index contributed by atoms with van der Waals surface area (Å²) in [4.78, 5) is 35.9. The first-order valence-corrected chi connectivity index (χ1v) is 13.5. The molecule has 4 aromatic rings. The number of aromatic hydroxyl groups is 2. The Hall–Kier alpha value is -5.40. The van der Waals surface area contributed by atoms with E-state index >= 15 is 0 Å². The smallest absolute Gasteiger partial charge is 0.339 e. The molecule has 0 spiro atoms. The van der Waals surface area contributed by atoms with Crippen LogP contribution >= 0.6 is 0 Å². The fourth-order valence-corrected chi connectivity index (χ4v) is 5.33. The molecule has 1 fully saturated rings. The average Bonchev–Trinajstić information content (AvgIpc) is 2.99. The van der Waals surface area contributed by atoms with Crippen molar-refractivity contribution in [3.63, 3.8) is 0 Å². The molecule has 220 valence electrons. The van der Waals surface area contributed by atoms with E-state index in [1.807, 2.05) is 6.07 Å². The van der Waals surface area contributed by atoms with Gasteiger partial charge in [-0.25, -0.2) is 9.59 Å². The lowest BCUT2D eigenvalue weighted by molar-refractivity contribution is -0.143. The highest BCUT2D eigenvalue weighted by atomic mass is 16.4. The third kappa shape index (κ3) is 6.74.